The Bertz CT molecular complexity index is 941. The zero-order valence-electron chi connectivity index (χ0n) is 20.3. The highest BCUT2D eigenvalue weighted by Gasteiger charge is 2.26. The Morgan fingerprint density at radius 1 is 1.09 bits per heavy atom. The van der Waals surface area contributed by atoms with Crippen LogP contribution in [0.2, 0.25) is 0 Å². The van der Waals surface area contributed by atoms with Gasteiger partial charge in [-0.1, -0.05) is 46.2 Å². The molecule has 1 aromatic carbocycles. The van der Waals surface area contributed by atoms with Gasteiger partial charge in [-0.05, 0) is 55.3 Å². The second kappa shape index (κ2) is 10.5. The Kier molecular flexibility index (Phi) is 8.51. The standard InChI is InChI=1S/C24H36BrN5O2/c1-8-9-14-29(22(32)26-18-13-11-10-12-17(18)25)16-21(31)27-20-15-19(23(2,3)4)28-30(20)24(5,6)7/h10-13,15H,8-9,14,16H2,1-7H3,(H,26,32)(H,27,31). The van der Waals surface area contributed by atoms with Crippen molar-refractivity contribution in [2.24, 2.45) is 0 Å². The first-order valence-electron chi connectivity index (χ1n) is 11.0. The molecule has 32 heavy (non-hydrogen) atoms. The van der Waals surface area contributed by atoms with Crippen LogP contribution in [0, 0.1) is 0 Å². The Labute approximate surface area is 200 Å². The van der Waals surface area contributed by atoms with E-state index in [0.29, 0.717) is 18.1 Å². The number of amides is 3. The number of anilines is 2. The van der Waals surface area contributed by atoms with E-state index in [4.69, 9.17) is 5.10 Å². The van der Waals surface area contributed by atoms with Crippen molar-refractivity contribution < 1.29 is 9.59 Å². The second-order valence-electron chi connectivity index (χ2n) is 9.98. The van der Waals surface area contributed by atoms with Crippen molar-refractivity contribution in [3.8, 4) is 0 Å². The van der Waals surface area contributed by atoms with Crippen molar-refractivity contribution in [1.29, 1.82) is 0 Å². The van der Waals surface area contributed by atoms with Gasteiger partial charge in [0.05, 0.1) is 16.9 Å². The summed E-state index contributed by atoms with van der Waals surface area (Å²) in [4.78, 5) is 27.4. The van der Waals surface area contributed by atoms with E-state index in [0.717, 1.165) is 23.0 Å². The normalized spacial score (nSPS) is 11.9. The van der Waals surface area contributed by atoms with Crippen LogP contribution in [0.5, 0.6) is 0 Å². The smallest absolute Gasteiger partial charge is 0.315 e. The van der Waals surface area contributed by atoms with E-state index in [2.05, 4.69) is 54.3 Å². The van der Waals surface area contributed by atoms with Crippen molar-refractivity contribution in [1.82, 2.24) is 14.7 Å². The molecule has 0 aliphatic rings. The van der Waals surface area contributed by atoms with Crippen molar-refractivity contribution in [2.75, 3.05) is 23.7 Å². The van der Waals surface area contributed by atoms with Gasteiger partial charge in [-0.15, -0.1) is 0 Å². The van der Waals surface area contributed by atoms with E-state index in [9.17, 15) is 9.59 Å². The Morgan fingerprint density at radius 3 is 2.31 bits per heavy atom. The van der Waals surface area contributed by atoms with Crippen molar-refractivity contribution in [2.45, 2.75) is 72.3 Å². The minimum absolute atomic E-state index is 0.0452. The van der Waals surface area contributed by atoms with Crippen LogP contribution in [0.4, 0.5) is 16.3 Å². The molecule has 8 heteroatoms. The summed E-state index contributed by atoms with van der Waals surface area (Å²) in [5.41, 5.74) is 1.12. The molecule has 0 bridgehead atoms. The van der Waals surface area contributed by atoms with Gasteiger partial charge in [0, 0.05) is 22.5 Å². The monoisotopic (exact) mass is 505 g/mol. The Hall–Kier alpha value is -2.35. The van der Waals surface area contributed by atoms with Crippen LogP contribution in [0.3, 0.4) is 0 Å². The van der Waals surface area contributed by atoms with E-state index in [1.807, 2.05) is 55.8 Å². The van der Waals surface area contributed by atoms with Crippen LogP contribution in [-0.2, 0) is 15.7 Å². The minimum atomic E-state index is -0.305. The molecule has 1 aromatic heterocycles. The molecule has 0 fully saturated rings. The van der Waals surface area contributed by atoms with Gasteiger partial charge in [-0.25, -0.2) is 9.48 Å². The highest BCUT2D eigenvalue weighted by molar-refractivity contribution is 9.10. The molecule has 7 nitrogen and oxygen atoms in total. The zero-order valence-corrected chi connectivity index (χ0v) is 21.8. The van der Waals surface area contributed by atoms with Crippen LogP contribution >= 0.6 is 15.9 Å². The number of halogens is 1. The number of nitrogens with zero attached hydrogens (tertiary/aromatic N) is 3. The van der Waals surface area contributed by atoms with Gasteiger partial charge in [0.2, 0.25) is 5.91 Å². The number of nitrogens with one attached hydrogen (secondary N) is 2. The minimum Gasteiger partial charge on any atom is -0.315 e. The summed E-state index contributed by atoms with van der Waals surface area (Å²) in [6.07, 6.45) is 1.73. The molecule has 0 unspecified atom stereocenters. The van der Waals surface area contributed by atoms with E-state index in [1.54, 1.807) is 4.90 Å². The molecule has 0 aliphatic heterocycles. The second-order valence-corrected chi connectivity index (χ2v) is 10.8. The molecule has 176 valence electrons. The summed E-state index contributed by atoms with van der Waals surface area (Å²) in [7, 11) is 0. The van der Waals surface area contributed by atoms with Crippen molar-refractivity contribution in [3.05, 3.63) is 40.5 Å². The number of urea groups is 1. The highest BCUT2D eigenvalue weighted by atomic mass is 79.9. The fraction of sp³-hybridized carbons (Fsp3) is 0.542. The van der Waals surface area contributed by atoms with Gasteiger partial charge in [0.1, 0.15) is 12.4 Å². The predicted molar refractivity (Wildman–Crippen MR) is 134 cm³/mol. The summed E-state index contributed by atoms with van der Waals surface area (Å²) in [5, 5.41) is 10.6. The number of para-hydroxylation sites is 1. The van der Waals surface area contributed by atoms with Gasteiger partial charge in [-0.2, -0.15) is 5.10 Å². The van der Waals surface area contributed by atoms with Crippen molar-refractivity contribution >= 4 is 39.4 Å². The molecule has 2 aromatic rings. The average Bonchev–Trinajstić information content (AvgIpc) is 3.11. The SMILES string of the molecule is CCCCN(CC(=O)Nc1cc(C(C)(C)C)nn1C(C)(C)C)C(=O)Nc1ccccc1Br. The van der Waals surface area contributed by atoms with Gasteiger partial charge < -0.3 is 15.5 Å². The lowest BCUT2D eigenvalue weighted by atomic mass is 9.92. The maximum absolute atomic E-state index is 13.0. The maximum atomic E-state index is 13.0. The summed E-state index contributed by atoms with van der Waals surface area (Å²) in [6, 6.07) is 9.02. The average molecular weight is 506 g/mol. The lowest BCUT2D eigenvalue weighted by molar-refractivity contribution is -0.116. The summed E-state index contributed by atoms with van der Waals surface area (Å²) in [6.45, 7) is 14.9. The lowest BCUT2D eigenvalue weighted by Crippen LogP contribution is -2.41. The number of benzene rings is 1. The Balaban J connectivity index is 2.19. The zero-order chi connectivity index (χ0) is 24.1. The molecular formula is C24H36BrN5O2. The summed E-state index contributed by atoms with van der Waals surface area (Å²) in [5.74, 6) is 0.378. The number of aromatic nitrogens is 2. The van der Waals surface area contributed by atoms with Crippen LogP contribution in [-0.4, -0.2) is 39.7 Å². The topological polar surface area (TPSA) is 79.3 Å². The number of hydrogen-bond acceptors (Lipinski definition) is 3. The van der Waals surface area contributed by atoms with Crippen LogP contribution in [0.25, 0.3) is 0 Å². The van der Waals surface area contributed by atoms with Crippen molar-refractivity contribution in [3.63, 3.8) is 0 Å². The van der Waals surface area contributed by atoms with Crippen LogP contribution < -0.4 is 10.6 Å². The lowest BCUT2D eigenvalue weighted by Gasteiger charge is -2.25. The van der Waals surface area contributed by atoms with E-state index >= 15 is 0 Å². The number of carbonyl (C=O) groups excluding carboxylic acids is 2. The first kappa shape index (κ1) is 25.9. The van der Waals surface area contributed by atoms with E-state index in [-0.39, 0.29) is 29.4 Å². The predicted octanol–water partition coefficient (Wildman–Crippen LogP) is 5.97. The number of carbonyl (C=O) groups is 2. The molecular weight excluding hydrogens is 470 g/mol. The molecule has 0 atom stereocenters. The molecule has 0 saturated carbocycles. The molecule has 2 N–H and O–H groups in total. The third-order valence-electron chi connectivity index (χ3n) is 4.90. The van der Waals surface area contributed by atoms with E-state index < -0.39 is 0 Å². The molecule has 2 rings (SSSR count). The molecule has 0 aliphatic carbocycles. The van der Waals surface area contributed by atoms with Gasteiger partial charge in [-0.3, -0.25) is 4.79 Å². The third-order valence-corrected chi connectivity index (χ3v) is 5.59. The molecule has 3 amide bonds. The molecule has 0 radical (unpaired) electrons. The van der Waals surface area contributed by atoms with Gasteiger partial charge >= 0.3 is 6.03 Å². The fourth-order valence-corrected chi connectivity index (χ4v) is 3.45. The maximum Gasteiger partial charge on any atom is 0.322 e. The summed E-state index contributed by atoms with van der Waals surface area (Å²) < 4.78 is 2.63. The summed E-state index contributed by atoms with van der Waals surface area (Å²) >= 11 is 3.44. The number of hydrogen-bond donors (Lipinski definition) is 2. The Morgan fingerprint density at radius 2 is 1.75 bits per heavy atom. The number of rotatable bonds is 7. The molecule has 1 heterocycles. The van der Waals surface area contributed by atoms with Crippen LogP contribution in [0.1, 0.15) is 67.0 Å². The van der Waals surface area contributed by atoms with Gasteiger partial charge in [0.25, 0.3) is 0 Å². The number of unbranched alkanes of at least 4 members (excludes halogenated alkanes) is 1. The van der Waals surface area contributed by atoms with Crippen LogP contribution in [0.15, 0.2) is 34.8 Å². The van der Waals surface area contributed by atoms with Gasteiger partial charge in [0.15, 0.2) is 0 Å². The fourth-order valence-electron chi connectivity index (χ4n) is 3.06. The molecule has 0 saturated heterocycles. The molecule has 0 spiro atoms. The largest absolute Gasteiger partial charge is 0.322 e. The first-order valence-corrected chi connectivity index (χ1v) is 11.8. The highest BCUT2D eigenvalue weighted by Crippen LogP contribution is 2.28. The quantitative estimate of drug-likeness (QED) is 0.486. The first-order chi connectivity index (χ1) is 14.8. The van der Waals surface area contributed by atoms with E-state index in [1.165, 1.54) is 0 Å². The third kappa shape index (κ3) is 7.08.